The number of aliphatic carboxylic acids is 2. The molecule has 586 valence electrons. The first-order valence-electron chi connectivity index (χ1n) is 35.4. The van der Waals surface area contributed by atoms with Gasteiger partial charge in [0.25, 0.3) is 0 Å². The Morgan fingerprint density at radius 1 is 0.387 bits per heavy atom. The Kier molecular flexibility index (Phi) is 35.7. The highest BCUT2D eigenvalue weighted by atomic mass is 16.4. The molecule has 2 aliphatic heterocycles. The van der Waals surface area contributed by atoms with E-state index in [2.05, 4.69) is 63.8 Å². The van der Waals surface area contributed by atoms with Crippen LogP contribution in [0.2, 0.25) is 0 Å². The summed E-state index contributed by atoms with van der Waals surface area (Å²) in [6.45, 7) is 11.2. The molecule has 0 aromatic heterocycles. The minimum absolute atomic E-state index is 0.0319. The maximum atomic E-state index is 14.5. The quantitative estimate of drug-likeness (QED) is 0.0278. The van der Waals surface area contributed by atoms with Gasteiger partial charge >= 0.3 is 11.9 Å². The van der Waals surface area contributed by atoms with E-state index in [1.165, 1.54) is 114 Å². The number of rotatable bonds is 42. The number of carbonyl (C=O) groups excluding carboxylic acids is 14. The summed E-state index contributed by atoms with van der Waals surface area (Å²) in [5.41, 5.74) is 18.3. The number of carboxylic acid groups (broad SMARTS) is 2. The fraction of sp³-hybridized carbons (Fsp3) is 0.594. The van der Waals surface area contributed by atoms with E-state index in [0.717, 1.165) is 0 Å². The van der Waals surface area contributed by atoms with Gasteiger partial charge in [-0.15, -0.1) is 0 Å². The lowest BCUT2D eigenvalue weighted by Gasteiger charge is -2.29. The highest BCUT2D eigenvalue weighted by Gasteiger charge is 2.41. The van der Waals surface area contributed by atoms with Crippen molar-refractivity contribution < 1.29 is 97.1 Å². The van der Waals surface area contributed by atoms with Crippen LogP contribution in [0.15, 0.2) is 48.5 Å². The number of phenols is 2. The minimum Gasteiger partial charge on any atom is -0.508 e. The predicted molar refractivity (Wildman–Crippen MR) is 380 cm³/mol. The lowest BCUT2D eigenvalue weighted by molar-refractivity contribution is -0.144. The third-order valence-corrected chi connectivity index (χ3v) is 17.8. The molecule has 2 aromatic carbocycles. The van der Waals surface area contributed by atoms with Gasteiger partial charge in [-0.3, -0.25) is 76.7 Å². The minimum atomic E-state index is -1.50. The van der Waals surface area contributed by atoms with Crippen LogP contribution in [0.5, 0.6) is 11.5 Å². The zero-order chi connectivity index (χ0) is 79.2. The normalized spacial score (nSPS) is 17.7. The standard InChI is InChI=1S/C69H105N17O20/c1-35(55(91)74-36(2)57(93)78-40(6)67(103)86-32-14-18-53(86)66(102)80-42(8)69(105)106)73-56(92)37(3)75-61(97)48(15-9-11-29-70)81-63(99)50(33-43-19-23-45(87)24-20-43)83-58(94)38(4)76-62(98)49(16-10-12-30-71)82-64(100)51(34-44-21-25-46(88)26-22-44)84-59(95)39(5)77-65(101)52-17-13-31-85(52)68(104)41(7)79-60(96)47(72)27-28-54(89)90/h19-26,35-42,47-53,87-88H,9-18,27-34,70-72H2,1-8H3,(H,73,92)(H,74,91)(H,75,97)(H,76,98)(H,77,101)(H,78,93)(H,79,96)(H,80,102)(H,81,99)(H,82,100)(H,83,94)(H,84,95)(H,89,90)(H,105,106)/t35-,36-,37-,38-,39-,40-,41-,42-,47-,48-,49-,50-,51-,52-,53-/m0/s1. The third kappa shape index (κ3) is 28.1. The van der Waals surface area contributed by atoms with Crippen LogP contribution in [0.4, 0.5) is 0 Å². The molecule has 22 N–H and O–H groups in total. The Bertz CT molecular complexity index is 3440. The van der Waals surface area contributed by atoms with E-state index in [1.807, 2.05) is 0 Å². The van der Waals surface area contributed by atoms with Gasteiger partial charge in [-0.1, -0.05) is 24.3 Å². The summed E-state index contributed by atoms with van der Waals surface area (Å²) in [7, 11) is 0. The summed E-state index contributed by atoms with van der Waals surface area (Å²) < 4.78 is 0. The van der Waals surface area contributed by atoms with Crippen LogP contribution in [0.25, 0.3) is 0 Å². The van der Waals surface area contributed by atoms with E-state index >= 15 is 0 Å². The SMILES string of the molecule is C[C@H](NC(=O)[C@@H]1CCCN1C(=O)[C@H](C)NC(=O)[C@H](C)NC(=O)[C@H](C)NC(=O)[C@H](C)NC(=O)[C@H](CCCCN)NC(=O)[C@H](Cc1ccc(O)cc1)NC(=O)[C@H](C)NC(=O)[C@H](CCCCN)NC(=O)[C@H](Cc1ccc(O)cc1)NC(=O)[C@H](C)NC(=O)[C@@H]1CCCN1C(=O)[C@H](C)NC(=O)[C@@H](N)CCC(=O)O)C(=O)O. The molecule has 2 aliphatic rings. The summed E-state index contributed by atoms with van der Waals surface area (Å²) in [5.74, 6) is -13.9. The van der Waals surface area contributed by atoms with Crippen LogP contribution in [-0.2, 0) is 89.6 Å². The number of amides is 14. The van der Waals surface area contributed by atoms with Crippen LogP contribution in [0.3, 0.4) is 0 Å². The smallest absolute Gasteiger partial charge is 0.325 e. The fourth-order valence-corrected chi connectivity index (χ4v) is 11.4. The molecule has 15 atom stereocenters. The second kappa shape index (κ2) is 43.0. The first-order valence-corrected chi connectivity index (χ1v) is 35.4. The number of phenolic OH excluding ortho intramolecular Hbond substituents is 2. The number of nitrogens with zero attached hydrogens (tertiary/aromatic N) is 2. The summed E-state index contributed by atoms with van der Waals surface area (Å²) in [5, 5.41) is 68.7. The van der Waals surface area contributed by atoms with Gasteiger partial charge < -0.3 is 111 Å². The molecule has 106 heavy (non-hydrogen) atoms. The molecule has 37 nitrogen and oxygen atoms in total. The molecule has 0 radical (unpaired) electrons. The summed E-state index contributed by atoms with van der Waals surface area (Å²) in [6, 6.07) is -7.99. The van der Waals surface area contributed by atoms with Crippen molar-refractivity contribution in [1.29, 1.82) is 0 Å². The molecule has 14 amide bonds. The second-order valence-corrected chi connectivity index (χ2v) is 26.7. The van der Waals surface area contributed by atoms with Crippen LogP contribution in [0.1, 0.15) is 144 Å². The molecule has 2 fully saturated rings. The lowest BCUT2D eigenvalue weighted by Crippen LogP contribution is -2.60. The van der Waals surface area contributed by atoms with Gasteiger partial charge in [-0.2, -0.15) is 0 Å². The number of carboxylic acids is 2. The average molecular weight is 1490 g/mol. The Balaban J connectivity index is 1.45. The lowest BCUT2D eigenvalue weighted by atomic mass is 10.0. The zero-order valence-corrected chi connectivity index (χ0v) is 61.0. The molecule has 2 saturated heterocycles. The predicted octanol–water partition coefficient (Wildman–Crippen LogP) is -4.62. The van der Waals surface area contributed by atoms with E-state index in [1.54, 1.807) is 0 Å². The number of carbonyl (C=O) groups is 16. The average Bonchev–Trinajstić information content (AvgIpc) is 1.65. The van der Waals surface area contributed by atoms with Crippen molar-refractivity contribution in [3.8, 4) is 11.5 Å². The number of nitrogens with one attached hydrogen (secondary N) is 12. The number of hydrogen-bond acceptors (Lipinski definition) is 21. The van der Waals surface area contributed by atoms with Crippen molar-refractivity contribution >= 4 is 94.6 Å². The van der Waals surface area contributed by atoms with Gasteiger partial charge in [-0.05, 0) is 175 Å². The van der Waals surface area contributed by atoms with Crippen molar-refractivity contribution in [3.05, 3.63) is 59.7 Å². The number of unbranched alkanes of at least 4 members (excludes halogenated alkanes) is 2. The Morgan fingerprint density at radius 3 is 1.04 bits per heavy atom. The van der Waals surface area contributed by atoms with Crippen LogP contribution in [0, 0.1) is 0 Å². The Hall–Kier alpha value is -10.6. The zero-order valence-electron chi connectivity index (χ0n) is 61.0. The van der Waals surface area contributed by atoms with Gasteiger partial charge in [0.15, 0.2) is 0 Å². The molecule has 0 bridgehead atoms. The second-order valence-electron chi connectivity index (χ2n) is 26.7. The molecule has 0 unspecified atom stereocenters. The molecular formula is C69H105N17O20. The largest absolute Gasteiger partial charge is 0.508 e. The Morgan fingerprint density at radius 2 is 0.689 bits per heavy atom. The van der Waals surface area contributed by atoms with Gasteiger partial charge in [0.1, 0.15) is 96.1 Å². The summed E-state index contributed by atoms with van der Waals surface area (Å²) >= 11 is 0. The van der Waals surface area contributed by atoms with E-state index in [4.69, 9.17) is 22.3 Å². The van der Waals surface area contributed by atoms with Crippen LogP contribution < -0.4 is 81.0 Å². The summed E-state index contributed by atoms with van der Waals surface area (Å²) in [6.07, 6.45) is 1.50. The van der Waals surface area contributed by atoms with E-state index < -0.39 is 185 Å². The molecule has 37 heteroatoms. The van der Waals surface area contributed by atoms with Gasteiger partial charge in [0.2, 0.25) is 82.7 Å². The maximum Gasteiger partial charge on any atom is 0.325 e. The van der Waals surface area contributed by atoms with E-state index in [0.29, 0.717) is 36.8 Å². The van der Waals surface area contributed by atoms with Gasteiger partial charge in [-0.25, -0.2) is 0 Å². The molecule has 4 rings (SSSR count). The van der Waals surface area contributed by atoms with Gasteiger partial charge in [0.05, 0.1) is 6.04 Å². The van der Waals surface area contributed by atoms with E-state index in [-0.39, 0.29) is 102 Å². The molecule has 0 spiro atoms. The van der Waals surface area contributed by atoms with Gasteiger partial charge in [0, 0.05) is 32.4 Å². The van der Waals surface area contributed by atoms with Crippen LogP contribution >= 0.6 is 0 Å². The van der Waals surface area contributed by atoms with Crippen molar-refractivity contribution in [1.82, 2.24) is 73.6 Å². The molecule has 0 saturated carbocycles. The first-order chi connectivity index (χ1) is 50.0. The van der Waals surface area contributed by atoms with Crippen LogP contribution in [-0.4, -0.2) is 242 Å². The number of nitrogens with two attached hydrogens (primary N) is 3. The first kappa shape index (κ1) is 87.8. The highest BCUT2D eigenvalue weighted by Crippen LogP contribution is 2.22. The van der Waals surface area contributed by atoms with Crippen molar-refractivity contribution in [2.45, 2.75) is 236 Å². The number of hydrogen-bond donors (Lipinski definition) is 19. The number of benzene rings is 2. The maximum absolute atomic E-state index is 14.5. The molecular weight excluding hydrogens is 1390 g/mol. The summed E-state index contributed by atoms with van der Waals surface area (Å²) in [4.78, 5) is 217. The Labute approximate surface area is 613 Å². The highest BCUT2D eigenvalue weighted by molar-refractivity contribution is 6.00. The van der Waals surface area contributed by atoms with Crippen molar-refractivity contribution in [2.24, 2.45) is 17.2 Å². The fourth-order valence-electron chi connectivity index (χ4n) is 11.4. The van der Waals surface area contributed by atoms with Crippen molar-refractivity contribution in [3.63, 3.8) is 0 Å². The monoisotopic (exact) mass is 1490 g/mol. The number of likely N-dealkylation sites (tertiary alicyclic amines) is 2. The topological polar surface area (TPSA) is 583 Å². The molecule has 2 heterocycles. The molecule has 2 aromatic rings. The third-order valence-electron chi connectivity index (χ3n) is 17.8. The van der Waals surface area contributed by atoms with E-state index in [9.17, 15) is 92.0 Å². The number of aromatic hydroxyl groups is 2. The molecule has 0 aliphatic carbocycles. The van der Waals surface area contributed by atoms with Crippen molar-refractivity contribution in [2.75, 3.05) is 26.2 Å².